The largest absolute Gasteiger partial charge is 0.493 e. The summed E-state index contributed by atoms with van der Waals surface area (Å²) in [5, 5.41) is 3.26. The van der Waals surface area contributed by atoms with Gasteiger partial charge in [0, 0.05) is 11.6 Å². The average molecular weight is 295 g/mol. The fourth-order valence-corrected chi connectivity index (χ4v) is 2.58. The molecule has 0 amide bonds. The van der Waals surface area contributed by atoms with Crippen LogP contribution in [0.3, 0.4) is 0 Å². The molecule has 0 heterocycles. The first-order chi connectivity index (χ1) is 10.1. The summed E-state index contributed by atoms with van der Waals surface area (Å²) in [6.07, 6.45) is 4.72. The molecule has 0 fully saturated rings. The first-order valence-corrected chi connectivity index (χ1v) is 8.28. The van der Waals surface area contributed by atoms with Crippen molar-refractivity contribution in [2.24, 2.45) is 5.92 Å². The van der Waals surface area contributed by atoms with Gasteiger partial charge in [-0.25, -0.2) is 4.39 Å². The Morgan fingerprint density at radius 2 is 2.00 bits per heavy atom. The zero-order valence-electron chi connectivity index (χ0n) is 13.9. The second-order valence-electron chi connectivity index (χ2n) is 5.66. The zero-order chi connectivity index (χ0) is 15.7. The number of ether oxygens (including phenoxy) is 1. The maximum atomic E-state index is 14.1. The third-order valence-corrected chi connectivity index (χ3v) is 3.97. The van der Waals surface area contributed by atoms with Gasteiger partial charge in [-0.05, 0) is 37.9 Å². The van der Waals surface area contributed by atoms with Crippen LogP contribution >= 0.6 is 0 Å². The van der Waals surface area contributed by atoms with Gasteiger partial charge in [-0.3, -0.25) is 0 Å². The van der Waals surface area contributed by atoms with Crippen molar-refractivity contribution >= 4 is 0 Å². The Labute approximate surface area is 129 Å². The van der Waals surface area contributed by atoms with Gasteiger partial charge >= 0.3 is 0 Å². The summed E-state index contributed by atoms with van der Waals surface area (Å²) in [5.74, 6) is 1.04. The van der Waals surface area contributed by atoms with Gasteiger partial charge in [0.05, 0.1) is 6.61 Å². The van der Waals surface area contributed by atoms with Crippen LogP contribution in [0.25, 0.3) is 0 Å². The van der Waals surface area contributed by atoms with Crippen molar-refractivity contribution in [2.75, 3.05) is 13.2 Å². The molecule has 1 aromatic rings. The van der Waals surface area contributed by atoms with Gasteiger partial charge in [-0.1, -0.05) is 46.1 Å². The topological polar surface area (TPSA) is 21.3 Å². The summed E-state index contributed by atoms with van der Waals surface area (Å²) in [5.41, 5.74) is 0.643. The lowest BCUT2D eigenvalue weighted by molar-refractivity contribution is 0.229. The van der Waals surface area contributed by atoms with E-state index in [1.54, 1.807) is 6.07 Å². The van der Waals surface area contributed by atoms with Crippen molar-refractivity contribution < 1.29 is 9.13 Å². The van der Waals surface area contributed by atoms with Gasteiger partial charge in [0.15, 0.2) is 0 Å². The first-order valence-electron chi connectivity index (χ1n) is 8.28. The predicted octanol–water partition coefficient (Wildman–Crippen LogP) is 5.09. The van der Waals surface area contributed by atoms with E-state index in [-0.39, 0.29) is 11.9 Å². The quantitative estimate of drug-likeness (QED) is 0.649. The summed E-state index contributed by atoms with van der Waals surface area (Å²) < 4.78 is 20.1. The Bertz CT molecular complexity index is 408. The summed E-state index contributed by atoms with van der Waals surface area (Å²) in [4.78, 5) is 0. The van der Waals surface area contributed by atoms with Gasteiger partial charge in [-0.15, -0.1) is 0 Å². The van der Waals surface area contributed by atoms with Crippen LogP contribution in [0.4, 0.5) is 4.39 Å². The van der Waals surface area contributed by atoms with Crippen LogP contribution < -0.4 is 10.1 Å². The van der Waals surface area contributed by atoms with Crippen molar-refractivity contribution in [1.82, 2.24) is 5.32 Å². The molecule has 1 N–H and O–H groups in total. The lowest BCUT2D eigenvalue weighted by Crippen LogP contribution is -2.20. The van der Waals surface area contributed by atoms with Crippen LogP contribution in [-0.2, 0) is 0 Å². The number of hydrogen-bond donors (Lipinski definition) is 1. The molecular formula is C18H30FNO. The number of halogens is 1. The highest BCUT2D eigenvalue weighted by Crippen LogP contribution is 2.28. The molecule has 0 bridgehead atoms. The van der Waals surface area contributed by atoms with Gasteiger partial charge in [0.25, 0.3) is 0 Å². The van der Waals surface area contributed by atoms with E-state index in [2.05, 4.69) is 19.2 Å². The summed E-state index contributed by atoms with van der Waals surface area (Å²) >= 11 is 0. The lowest BCUT2D eigenvalue weighted by Gasteiger charge is -2.21. The maximum Gasteiger partial charge on any atom is 0.131 e. The molecular weight excluding hydrogens is 265 g/mol. The van der Waals surface area contributed by atoms with Crippen molar-refractivity contribution in [2.45, 2.75) is 59.4 Å². The van der Waals surface area contributed by atoms with Gasteiger partial charge in [0.2, 0.25) is 0 Å². The monoisotopic (exact) mass is 295 g/mol. The minimum atomic E-state index is -0.192. The van der Waals surface area contributed by atoms with Crippen LogP contribution in [0.2, 0.25) is 0 Å². The van der Waals surface area contributed by atoms with E-state index in [4.69, 9.17) is 4.74 Å². The van der Waals surface area contributed by atoms with Crippen LogP contribution in [0.5, 0.6) is 5.75 Å². The second-order valence-corrected chi connectivity index (χ2v) is 5.66. The zero-order valence-corrected chi connectivity index (χ0v) is 13.9. The molecule has 2 unspecified atom stereocenters. The number of nitrogens with one attached hydrogen (secondary N) is 1. The molecule has 0 aliphatic carbocycles. The summed E-state index contributed by atoms with van der Waals surface area (Å²) in [7, 11) is 0. The fourth-order valence-electron chi connectivity index (χ4n) is 2.58. The first kappa shape index (κ1) is 18.0. The van der Waals surface area contributed by atoms with Gasteiger partial charge in [0.1, 0.15) is 11.6 Å². The molecule has 0 saturated heterocycles. The Kier molecular flexibility index (Phi) is 8.36. The van der Waals surface area contributed by atoms with Crippen molar-refractivity contribution in [3.63, 3.8) is 0 Å². The standard InChI is InChI=1S/C18H30FNO/c1-5-8-10-15(6-2)13-21-17-12-9-11-16(19)18(17)14(4)20-7-3/h9,11-12,14-15,20H,5-8,10,13H2,1-4H3. The number of hydrogen-bond acceptors (Lipinski definition) is 2. The predicted molar refractivity (Wildman–Crippen MR) is 87.3 cm³/mol. The Balaban J connectivity index is 2.75. The molecule has 0 aliphatic rings. The Morgan fingerprint density at radius 1 is 1.24 bits per heavy atom. The molecule has 2 nitrogen and oxygen atoms in total. The normalized spacial score (nSPS) is 14.0. The molecule has 0 aromatic heterocycles. The molecule has 1 rings (SSSR count). The SMILES string of the molecule is CCCCC(CC)COc1cccc(F)c1C(C)NCC. The molecule has 0 aliphatic heterocycles. The van der Waals surface area contributed by atoms with E-state index in [0.29, 0.717) is 23.8 Å². The number of rotatable bonds is 10. The Morgan fingerprint density at radius 3 is 2.62 bits per heavy atom. The molecule has 0 spiro atoms. The van der Waals surface area contributed by atoms with Crippen molar-refractivity contribution in [3.8, 4) is 5.75 Å². The molecule has 0 radical (unpaired) electrons. The minimum Gasteiger partial charge on any atom is -0.493 e. The molecule has 2 atom stereocenters. The van der Waals surface area contributed by atoms with Crippen LogP contribution in [-0.4, -0.2) is 13.2 Å². The smallest absolute Gasteiger partial charge is 0.131 e. The van der Waals surface area contributed by atoms with E-state index in [0.717, 1.165) is 13.0 Å². The maximum absolute atomic E-state index is 14.1. The highest BCUT2D eigenvalue weighted by molar-refractivity contribution is 5.37. The van der Waals surface area contributed by atoms with Gasteiger partial charge in [-0.2, -0.15) is 0 Å². The van der Waals surface area contributed by atoms with Crippen LogP contribution in [0.1, 0.15) is 65.0 Å². The minimum absolute atomic E-state index is 0.0399. The number of unbranched alkanes of at least 4 members (excludes halogenated alkanes) is 1. The molecule has 0 saturated carbocycles. The molecule has 21 heavy (non-hydrogen) atoms. The van der Waals surface area contributed by atoms with E-state index < -0.39 is 0 Å². The van der Waals surface area contributed by atoms with Crippen LogP contribution in [0, 0.1) is 11.7 Å². The highest BCUT2D eigenvalue weighted by atomic mass is 19.1. The number of benzene rings is 1. The van der Waals surface area contributed by atoms with Crippen molar-refractivity contribution in [1.29, 1.82) is 0 Å². The highest BCUT2D eigenvalue weighted by Gasteiger charge is 2.17. The second kappa shape index (κ2) is 9.78. The van der Waals surface area contributed by atoms with E-state index >= 15 is 0 Å². The fraction of sp³-hybridized carbons (Fsp3) is 0.667. The molecule has 120 valence electrons. The lowest BCUT2D eigenvalue weighted by atomic mass is 10.0. The third-order valence-electron chi connectivity index (χ3n) is 3.97. The van der Waals surface area contributed by atoms with E-state index in [1.165, 1.54) is 25.3 Å². The van der Waals surface area contributed by atoms with Gasteiger partial charge < -0.3 is 10.1 Å². The van der Waals surface area contributed by atoms with E-state index in [1.807, 2.05) is 19.9 Å². The van der Waals surface area contributed by atoms with Crippen molar-refractivity contribution in [3.05, 3.63) is 29.6 Å². The summed E-state index contributed by atoms with van der Waals surface area (Å²) in [6, 6.07) is 5.06. The average Bonchev–Trinajstić information content (AvgIpc) is 2.47. The third kappa shape index (κ3) is 5.66. The van der Waals surface area contributed by atoms with Crippen LogP contribution in [0.15, 0.2) is 18.2 Å². The van der Waals surface area contributed by atoms with E-state index in [9.17, 15) is 4.39 Å². The molecule has 3 heteroatoms. The Hall–Kier alpha value is -1.09. The summed E-state index contributed by atoms with van der Waals surface area (Å²) in [6.45, 7) is 9.88. The molecule has 1 aromatic carbocycles.